The average molecular weight is 231 g/mol. The van der Waals surface area contributed by atoms with E-state index in [0.717, 1.165) is 0 Å². The van der Waals surface area contributed by atoms with Crippen LogP contribution < -0.4 is 0 Å². The van der Waals surface area contributed by atoms with Crippen molar-refractivity contribution in [1.29, 1.82) is 0 Å². The van der Waals surface area contributed by atoms with Gasteiger partial charge in [-0.1, -0.05) is 42.5 Å². The Morgan fingerprint density at radius 3 is 3.11 bits per heavy atom. The van der Waals surface area contributed by atoms with Crippen LogP contribution in [0.25, 0.3) is 17.0 Å². The highest BCUT2D eigenvalue weighted by atomic mass is 14.8. The van der Waals surface area contributed by atoms with E-state index in [1.165, 1.54) is 34.2 Å². The van der Waals surface area contributed by atoms with Crippen molar-refractivity contribution in [1.82, 2.24) is 4.98 Å². The lowest BCUT2D eigenvalue weighted by atomic mass is 9.82. The number of nitrogens with one attached hydrogen (secondary N) is 1. The molecule has 1 N–H and O–H groups in total. The molecule has 1 aromatic heterocycles. The van der Waals surface area contributed by atoms with Crippen LogP contribution in [0.15, 0.2) is 54.1 Å². The summed E-state index contributed by atoms with van der Waals surface area (Å²) in [6.45, 7) is 0. The standard InChI is InChI=1S/C17H13N/c1-2-7-14-12(6-1)16-13-10-17(13)8-4-3-5-11(17)9-15(16)18-14/h1-9,13,18H,10H2/t13-,17?/m0/s1. The minimum atomic E-state index is 0.326. The van der Waals surface area contributed by atoms with Crippen molar-refractivity contribution in [3.8, 4) is 0 Å². The number of fused-ring (bicyclic) bond motifs is 4. The summed E-state index contributed by atoms with van der Waals surface area (Å²) in [5.74, 6) is 0.685. The van der Waals surface area contributed by atoms with Crippen LogP contribution in [-0.4, -0.2) is 4.98 Å². The Labute approximate surface area is 106 Å². The number of hydrogen-bond donors (Lipinski definition) is 1. The zero-order valence-electron chi connectivity index (χ0n) is 9.98. The summed E-state index contributed by atoms with van der Waals surface area (Å²) in [7, 11) is 0. The zero-order valence-corrected chi connectivity index (χ0v) is 9.98. The minimum absolute atomic E-state index is 0.326. The van der Waals surface area contributed by atoms with E-state index in [9.17, 15) is 0 Å². The van der Waals surface area contributed by atoms with Gasteiger partial charge in [0.15, 0.2) is 0 Å². The van der Waals surface area contributed by atoms with Crippen molar-refractivity contribution in [2.75, 3.05) is 0 Å². The maximum atomic E-state index is 3.57. The number of aromatic nitrogens is 1. The molecule has 1 spiro atoms. The van der Waals surface area contributed by atoms with E-state index in [1.54, 1.807) is 0 Å². The van der Waals surface area contributed by atoms with Gasteiger partial charge in [0, 0.05) is 27.9 Å². The van der Waals surface area contributed by atoms with Crippen LogP contribution >= 0.6 is 0 Å². The molecule has 2 aromatic rings. The Balaban J connectivity index is 1.88. The minimum Gasteiger partial charge on any atom is -0.355 e. The average Bonchev–Trinajstić information content (AvgIpc) is 3.00. The Bertz CT molecular complexity index is 772. The van der Waals surface area contributed by atoms with Crippen LogP contribution in [0.5, 0.6) is 0 Å². The van der Waals surface area contributed by atoms with Gasteiger partial charge in [0.2, 0.25) is 0 Å². The van der Waals surface area contributed by atoms with E-state index in [4.69, 9.17) is 0 Å². The van der Waals surface area contributed by atoms with Gasteiger partial charge in [-0.15, -0.1) is 0 Å². The number of aromatic amines is 1. The molecule has 0 amide bonds. The van der Waals surface area contributed by atoms with Gasteiger partial charge in [-0.3, -0.25) is 0 Å². The maximum Gasteiger partial charge on any atom is 0.0461 e. The molecule has 1 unspecified atom stereocenters. The van der Waals surface area contributed by atoms with Gasteiger partial charge in [0.05, 0.1) is 0 Å². The molecular weight excluding hydrogens is 218 g/mol. The van der Waals surface area contributed by atoms with E-state index in [0.29, 0.717) is 11.3 Å². The molecule has 2 atom stereocenters. The van der Waals surface area contributed by atoms with Crippen molar-refractivity contribution in [3.05, 3.63) is 65.4 Å². The molecule has 0 bridgehead atoms. The first kappa shape index (κ1) is 8.98. The molecule has 5 rings (SSSR count). The summed E-state index contributed by atoms with van der Waals surface area (Å²) >= 11 is 0. The molecule has 1 nitrogen and oxygen atoms in total. The lowest BCUT2D eigenvalue weighted by molar-refractivity contribution is 0.757. The molecule has 0 radical (unpaired) electrons. The Morgan fingerprint density at radius 1 is 1.17 bits per heavy atom. The molecular formula is C17H13N. The van der Waals surface area contributed by atoms with Gasteiger partial charge < -0.3 is 4.98 Å². The smallest absolute Gasteiger partial charge is 0.0461 e. The lowest BCUT2D eigenvalue weighted by Crippen LogP contribution is -2.09. The van der Waals surface area contributed by atoms with Crippen molar-refractivity contribution < 1.29 is 0 Å². The topological polar surface area (TPSA) is 15.8 Å². The number of H-pyrrole nitrogens is 1. The summed E-state index contributed by atoms with van der Waals surface area (Å²) in [6.07, 6.45) is 12.6. The molecule has 0 aliphatic heterocycles. The van der Waals surface area contributed by atoms with Crippen molar-refractivity contribution in [3.63, 3.8) is 0 Å². The quantitative estimate of drug-likeness (QED) is 0.700. The number of allylic oxidation sites excluding steroid dienone is 5. The third-order valence-corrected chi connectivity index (χ3v) is 4.75. The van der Waals surface area contributed by atoms with Gasteiger partial charge in [-0.05, 0) is 29.7 Å². The normalized spacial score (nSPS) is 30.7. The number of para-hydroxylation sites is 1. The predicted octanol–water partition coefficient (Wildman–Crippen LogP) is 4.16. The molecule has 3 aliphatic rings. The molecule has 86 valence electrons. The Morgan fingerprint density at radius 2 is 2.11 bits per heavy atom. The summed E-state index contributed by atoms with van der Waals surface area (Å²) in [5.41, 5.74) is 5.94. The van der Waals surface area contributed by atoms with Crippen molar-refractivity contribution in [2.45, 2.75) is 12.3 Å². The van der Waals surface area contributed by atoms with Gasteiger partial charge in [0.25, 0.3) is 0 Å². The fraction of sp³-hybridized carbons (Fsp3) is 0.176. The molecule has 1 aromatic carbocycles. The lowest BCUT2D eigenvalue weighted by Gasteiger charge is -2.21. The monoisotopic (exact) mass is 231 g/mol. The van der Waals surface area contributed by atoms with E-state index in [1.807, 2.05) is 0 Å². The van der Waals surface area contributed by atoms with Crippen LogP contribution in [0.4, 0.5) is 0 Å². The third kappa shape index (κ3) is 0.872. The van der Waals surface area contributed by atoms with E-state index in [-0.39, 0.29) is 0 Å². The van der Waals surface area contributed by atoms with Crippen LogP contribution in [0.3, 0.4) is 0 Å². The molecule has 1 heteroatoms. The zero-order chi connectivity index (χ0) is 11.7. The summed E-state index contributed by atoms with van der Waals surface area (Å²) in [5, 5.41) is 1.41. The first-order valence-corrected chi connectivity index (χ1v) is 6.57. The second-order valence-corrected chi connectivity index (χ2v) is 5.61. The van der Waals surface area contributed by atoms with E-state index in [2.05, 4.69) is 59.6 Å². The van der Waals surface area contributed by atoms with Crippen molar-refractivity contribution in [2.24, 2.45) is 5.41 Å². The van der Waals surface area contributed by atoms with Crippen LogP contribution in [0.1, 0.15) is 23.6 Å². The first-order chi connectivity index (χ1) is 8.88. The number of benzene rings is 1. The van der Waals surface area contributed by atoms with Crippen LogP contribution in [0, 0.1) is 5.41 Å². The fourth-order valence-corrected chi connectivity index (χ4v) is 3.79. The number of rotatable bonds is 0. The first-order valence-electron chi connectivity index (χ1n) is 6.57. The fourth-order valence-electron chi connectivity index (χ4n) is 3.79. The molecule has 1 heterocycles. The maximum absolute atomic E-state index is 3.57. The molecule has 18 heavy (non-hydrogen) atoms. The summed E-state index contributed by atoms with van der Waals surface area (Å²) in [6, 6.07) is 8.67. The summed E-state index contributed by atoms with van der Waals surface area (Å²) in [4.78, 5) is 3.57. The highest BCUT2D eigenvalue weighted by Gasteiger charge is 2.58. The second-order valence-electron chi connectivity index (χ2n) is 5.61. The third-order valence-electron chi connectivity index (χ3n) is 4.75. The van der Waals surface area contributed by atoms with E-state index < -0.39 is 0 Å². The predicted molar refractivity (Wildman–Crippen MR) is 74.3 cm³/mol. The largest absolute Gasteiger partial charge is 0.355 e. The van der Waals surface area contributed by atoms with Crippen LogP contribution in [-0.2, 0) is 0 Å². The SMILES string of the molecule is C1=CC2=Cc3[nH]c4ccccc4c3[C@@H]3CC23C=C1. The van der Waals surface area contributed by atoms with Gasteiger partial charge in [0.1, 0.15) is 0 Å². The number of hydrogen-bond acceptors (Lipinski definition) is 0. The highest BCUT2D eigenvalue weighted by molar-refractivity contribution is 5.91. The van der Waals surface area contributed by atoms with Gasteiger partial charge in [-0.2, -0.15) is 0 Å². The van der Waals surface area contributed by atoms with Crippen molar-refractivity contribution >= 4 is 17.0 Å². The van der Waals surface area contributed by atoms with Crippen LogP contribution in [0.2, 0.25) is 0 Å². The molecule has 1 saturated carbocycles. The molecule has 1 fully saturated rings. The van der Waals surface area contributed by atoms with Gasteiger partial charge >= 0.3 is 0 Å². The van der Waals surface area contributed by atoms with Gasteiger partial charge in [-0.25, -0.2) is 0 Å². The highest BCUT2D eigenvalue weighted by Crippen LogP contribution is 2.69. The van der Waals surface area contributed by atoms with E-state index >= 15 is 0 Å². The molecule has 0 saturated heterocycles. The Kier molecular flexibility index (Phi) is 1.34. The summed E-state index contributed by atoms with van der Waals surface area (Å²) < 4.78 is 0. The molecule has 3 aliphatic carbocycles. The second kappa shape index (κ2) is 2.69. The Hall–Kier alpha value is -2.02.